The van der Waals surface area contributed by atoms with Gasteiger partial charge in [-0.2, -0.15) is 0 Å². The van der Waals surface area contributed by atoms with Crippen molar-refractivity contribution in [2.45, 2.75) is 194 Å². The maximum Gasteiger partial charge on any atom is 0.303 e. The van der Waals surface area contributed by atoms with Crippen molar-refractivity contribution >= 4 is 5.97 Å². The van der Waals surface area contributed by atoms with Gasteiger partial charge in [-0.05, 0) is 70.8 Å². The van der Waals surface area contributed by atoms with Gasteiger partial charge in [-0.25, -0.2) is 0 Å². The lowest BCUT2D eigenvalue weighted by molar-refractivity contribution is -0.137. The van der Waals surface area contributed by atoms with E-state index in [1.807, 2.05) is 0 Å². The van der Waals surface area contributed by atoms with E-state index in [1.165, 1.54) is 161 Å². The standard InChI is InChI=1S/C18H37N.C18H34O2/c1-2-3-4-5-6-7-8-9-10-11-12-13-14-15-16-17-18-19;1-2-3-4-5-6-7-8-9-10-11-12-13-14-15-16-17-18(19)20/h9-10H,2-8,11-19H2,1H3;9-10H,2-8,11-17H2,1H3,(H,19,20). The van der Waals surface area contributed by atoms with Gasteiger partial charge in [-0.1, -0.05) is 147 Å². The normalized spacial score (nSPS) is 11.4. The molecule has 0 atom stereocenters. The third kappa shape index (κ3) is 44.2. The average molecular weight is 550 g/mol. The summed E-state index contributed by atoms with van der Waals surface area (Å²) < 4.78 is 0. The molecule has 0 bridgehead atoms. The van der Waals surface area contributed by atoms with Crippen LogP contribution in [0, 0.1) is 0 Å². The molecule has 0 aromatic rings. The topological polar surface area (TPSA) is 63.3 Å². The minimum absolute atomic E-state index is 0.332. The Hall–Kier alpha value is -1.09. The second-order valence-electron chi connectivity index (χ2n) is 11.5. The third-order valence-corrected chi connectivity index (χ3v) is 7.37. The van der Waals surface area contributed by atoms with Gasteiger partial charge in [0, 0.05) is 6.42 Å². The van der Waals surface area contributed by atoms with Gasteiger partial charge in [0.2, 0.25) is 0 Å². The number of carboxylic acid groups (broad SMARTS) is 1. The lowest BCUT2D eigenvalue weighted by atomic mass is 10.1. The van der Waals surface area contributed by atoms with Crippen LogP contribution in [-0.4, -0.2) is 17.6 Å². The summed E-state index contributed by atoms with van der Waals surface area (Å²) in [5.41, 5.74) is 5.47. The minimum Gasteiger partial charge on any atom is -0.481 e. The van der Waals surface area contributed by atoms with Crippen LogP contribution < -0.4 is 5.73 Å². The number of allylic oxidation sites excluding steroid dienone is 4. The lowest BCUT2D eigenvalue weighted by Crippen LogP contribution is -1.97. The van der Waals surface area contributed by atoms with Crippen LogP contribution >= 0.6 is 0 Å². The summed E-state index contributed by atoms with van der Waals surface area (Å²) in [5.74, 6) is -0.664. The molecule has 0 aliphatic carbocycles. The molecule has 0 saturated carbocycles. The molecule has 3 heteroatoms. The summed E-state index contributed by atoms with van der Waals surface area (Å²) in [7, 11) is 0. The molecule has 0 aromatic carbocycles. The van der Waals surface area contributed by atoms with Gasteiger partial charge in [-0.15, -0.1) is 0 Å². The van der Waals surface area contributed by atoms with Gasteiger partial charge in [0.15, 0.2) is 0 Å². The molecule has 0 aliphatic heterocycles. The molecule has 0 spiro atoms. The monoisotopic (exact) mass is 550 g/mol. The quantitative estimate of drug-likeness (QED) is 0.0691. The number of aliphatic carboxylic acids is 1. The van der Waals surface area contributed by atoms with Crippen LogP contribution in [0.5, 0.6) is 0 Å². The Morgan fingerprint density at radius 3 is 1.05 bits per heavy atom. The van der Waals surface area contributed by atoms with Gasteiger partial charge >= 0.3 is 5.97 Å². The first-order valence-corrected chi connectivity index (χ1v) is 17.4. The third-order valence-electron chi connectivity index (χ3n) is 7.37. The first-order valence-electron chi connectivity index (χ1n) is 17.4. The lowest BCUT2D eigenvalue weighted by Gasteiger charge is -1.99. The van der Waals surface area contributed by atoms with E-state index >= 15 is 0 Å². The van der Waals surface area contributed by atoms with E-state index < -0.39 is 5.97 Å². The first-order chi connectivity index (χ1) is 19.2. The summed E-state index contributed by atoms with van der Waals surface area (Å²) in [6.45, 7) is 5.40. The Morgan fingerprint density at radius 1 is 0.462 bits per heavy atom. The van der Waals surface area contributed by atoms with Crippen LogP contribution in [0.15, 0.2) is 24.3 Å². The Bertz CT molecular complexity index is 500. The van der Waals surface area contributed by atoms with Crippen molar-refractivity contribution in [1.82, 2.24) is 0 Å². The molecular weight excluding hydrogens is 478 g/mol. The van der Waals surface area contributed by atoms with Gasteiger partial charge in [0.1, 0.15) is 0 Å². The fourth-order valence-electron chi connectivity index (χ4n) is 4.74. The Labute approximate surface area is 245 Å². The molecule has 0 heterocycles. The zero-order valence-electron chi connectivity index (χ0n) is 26.7. The second-order valence-corrected chi connectivity index (χ2v) is 11.5. The molecule has 0 unspecified atom stereocenters. The van der Waals surface area contributed by atoms with E-state index in [2.05, 4.69) is 38.2 Å². The van der Waals surface area contributed by atoms with E-state index in [1.54, 1.807) is 0 Å². The summed E-state index contributed by atoms with van der Waals surface area (Å²) in [4.78, 5) is 10.3. The molecular formula is C36H71NO2. The predicted octanol–water partition coefficient (Wildman–Crippen LogP) is 12.1. The van der Waals surface area contributed by atoms with Crippen LogP contribution in [0.3, 0.4) is 0 Å². The number of carboxylic acids is 1. The largest absolute Gasteiger partial charge is 0.481 e. The number of hydrogen-bond donors (Lipinski definition) is 2. The maximum absolute atomic E-state index is 10.3. The number of hydrogen-bond acceptors (Lipinski definition) is 2. The highest BCUT2D eigenvalue weighted by Crippen LogP contribution is 2.11. The van der Waals surface area contributed by atoms with Crippen molar-refractivity contribution in [2.75, 3.05) is 6.54 Å². The maximum atomic E-state index is 10.3. The van der Waals surface area contributed by atoms with E-state index in [4.69, 9.17) is 10.8 Å². The van der Waals surface area contributed by atoms with Crippen molar-refractivity contribution in [3.8, 4) is 0 Å². The molecule has 0 fully saturated rings. The summed E-state index contributed by atoms with van der Waals surface area (Å²) in [6.07, 6.45) is 45.1. The SMILES string of the molecule is CCCCCCCCC=CCCCCCCCC(=O)O.CCCCCCCCC=CCCCCCCCCN. The number of carbonyl (C=O) groups is 1. The molecule has 3 nitrogen and oxygen atoms in total. The highest BCUT2D eigenvalue weighted by Gasteiger charge is 1.96. The van der Waals surface area contributed by atoms with Crippen LogP contribution in [0.2, 0.25) is 0 Å². The number of nitrogens with two attached hydrogens (primary N) is 1. The second kappa shape index (κ2) is 39.1. The number of unbranched alkanes of at least 4 members (excludes halogenated alkanes) is 23. The van der Waals surface area contributed by atoms with Crippen LogP contribution in [-0.2, 0) is 4.79 Å². The molecule has 0 radical (unpaired) electrons. The Balaban J connectivity index is 0. The zero-order chi connectivity index (χ0) is 28.9. The van der Waals surface area contributed by atoms with Crippen molar-refractivity contribution < 1.29 is 9.90 Å². The zero-order valence-corrected chi connectivity index (χ0v) is 26.7. The molecule has 0 rings (SSSR count). The minimum atomic E-state index is -0.664. The van der Waals surface area contributed by atoms with Gasteiger partial charge in [0.05, 0.1) is 0 Å². The first kappa shape index (κ1) is 40.1. The molecule has 0 amide bonds. The fourth-order valence-corrected chi connectivity index (χ4v) is 4.74. The van der Waals surface area contributed by atoms with Crippen molar-refractivity contribution in [3.63, 3.8) is 0 Å². The average Bonchev–Trinajstić information content (AvgIpc) is 2.93. The molecule has 39 heavy (non-hydrogen) atoms. The predicted molar refractivity (Wildman–Crippen MR) is 176 cm³/mol. The number of rotatable bonds is 30. The molecule has 0 aromatic heterocycles. The van der Waals surface area contributed by atoms with Crippen molar-refractivity contribution in [3.05, 3.63) is 24.3 Å². The van der Waals surface area contributed by atoms with Crippen LogP contribution in [0.1, 0.15) is 194 Å². The van der Waals surface area contributed by atoms with Gasteiger partial charge in [-0.3, -0.25) is 4.79 Å². The van der Waals surface area contributed by atoms with Crippen molar-refractivity contribution in [2.24, 2.45) is 5.73 Å². The van der Waals surface area contributed by atoms with E-state index in [0.29, 0.717) is 6.42 Å². The highest BCUT2D eigenvalue weighted by atomic mass is 16.4. The highest BCUT2D eigenvalue weighted by molar-refractivity contribution is 5.66. The summed E-state index contributed by atoms with van der Waals surface area (Å²) in [5, 5.41) is 8.51. The van der Waals surface area contributed by atoms with E-state index in [9.17, 15) is 4.79 Å². The Morgan fingerprint density at radius 2 is 0.744 bits per heavy atom. The Kier molecular flexibility index (Phi) is 40.1. The van der Waals surface area contributed by atoms with Gasteiger partial charge < -0.3 is 10.8 Å². The molecule has 3 N–H and O–H groups in total. The van der Waals surface area contributed by atoms with E-state index in [0.717, 1.165) is 19.4 Å². The molecule has 232 valence electrons. The molecule has 0 aliphatic rings. The van der Waals surface area contributed by atoms with Crippen LogP contribution in [0.25, 0.3) is 0 Å². The van der Waals surface area contributed by atoms with Crippen LogP contribution in [0.4, 0.5) is 0 Å². The fraction of sp³-hybridized carbons (Fsp3) is 0.861. The smallest absolute Gasteiger partial charge is 0.303 e. The summed E-state index contributed by atoms with van der Waals surface area (Å²) in [6, 6.07) is 0. The molecule has 0 saturated heterocycles. The summed E-state index contributed by atoms with van der Waals surface area (Å²) >= 11 is 0. The van der Waals surface area contributed by atoms with E-state index in [-0.39, 0.29) is 0 Å². The van der Waals surface area contributed by atoms with Gasteiger partial charge in [0.25, 0.3) is 0 Å². The van der Waals surface area contributed by atoms with Crippen molar-refractivity contribution in [1.29, 1.82) is 0 Å².